The van der Waals surface area contributed by atoms with Crippen LogP contribution in [0.5, 0.6) is 0 Å². The Morgan fingerprint density at radius 2 is 1.50 bits per heavy atom. The third-order valence-electron chi connectivity index (χ3n) is 3.38. The molecular formula is C17H20O2S. The van der Waals surface area contributed by atoms with Gasteiger partial charge in [-0.1, -0.05) is 51.1 Å². The van der Waals surface area contributed by atoms with Gasteiger partial charge in [0.1, 0.15) is 0 Å². The summed E-state index contributed by atoms with van der Waals surface area (Å²) in [5.74, 6) is 0. The molecule has 106 valence electrons. The molecule has 0 spiro atoms. The molecule has 0 heterocycles. The van der Waals surface area contributed by atoms with Crippen molar-refractivity contribution in [3.8, 4) is 0 Å². The lowest BCUT2D eigenvalue weighted by atomic mass is 9.86. The van der Waals surface area contributed by atoms with E-state index in [1.54, 1.807) is 30.3 Å². The van der Waals surface area contributed by atoms with Crippen LogP contribution in [-0.2, 0) is 15.3 Å². The van der Waals surface area contributed by atoms with Gasteiger partial charge in [0.2, 0.25) is 9.84 Å². The number of hydrogen-bond donors (Lipinski definition) is 0. The second-order valence-corrected chi connectivity index (χ2v) is 7.96. The van der Waals surface area contributed by atoms with Crippen molar-refractivity contribution in [2.45, 2.75) is 42.9 Å². The maximum atomic E-state index is 12.6. The van der Waals surface area contributed by atoms with Gasteiger partial charge in [-0.15, -0.1) is 0 Å². The van der Waals surface area contributed by atoms with Crippen LogP contribution in [0.4, 0.5) is 0 Å². The molecule has 3 heteroatoms. The van der Waals surface area contributed by atoms with Crippen LogP contribution in [0.2, 0.25) is 0 Å². The Balaban J connectivity index is 2.55. The summed E-state index contributed by atoms with van der Waals surface area (Å²) in [6.07, 6.45) is 0. The standard InChI is InChI=1S/C17H20O2S/c1-13-12-14(17(2,3)4)10-11-16(13)20(18,19)15-8-6-5-7-9-15/h5-12H,1-4H3. The molecule has 0 aliphatic heterocycles. The van der Waals surface area contributed by atoms with Crippen molar-refractivity contribution < 1.29 is 8.42 Å². The van der Waals surface area contributed by atoms with Crippen molar-refractivity contribution in [3.63, 3.8) is 0 Å². The normalized spacial score (nSPS) is 12.4. The van der Waals surface area contributed by atoms with Gasteiger partial charge < -0.3 is 0 Å². The topological polar surface area (TPSA) is 34.1 Å². The molecule has 0 N–H and O–H groups in total. The van der Waals surface area contributed by atoms with Gasteiger partial charge in [-0.25, -0.2) is 8.42 Å². The summed E-state index contributed by atoms with van der Waals surface area (Å²) in [5.41, 5.74) is 1.95. The SMILES string of the molecule is Cc1cc(C(C)(C)C)ccc1S(=O)(=O)c1ccccc1. The molecule has 0 amide bonds. The van der Waals surface area contributed by atoms with E-state index in [1.807, 2.05) is 25.1 Å². The van der Waals surface area contributed by atoms with Gasteiger partial charge in [0.25, 0.3) is 0 Å². The summed E-state index contributed by atoms with van der Waals surface area (Å²) in [5, 5.41) is 0. The largest absolute Gasteiger partial charge is 0.219 e. The third-order valence-corrected chi connectivity index (χ3v) is 5.31. The van der Waals surface area contributed by atoms with Gasteiger partial charge in [0.05, 0.1) is 9.79 Å². The van der Waals surface area contributed by atoms with E-state index in [-0.39, 0.29) is 5.41 Å². The summed E-state index contributed by atoms with van der Waals surface area (Å²) in [6.45, 7) is 8.21. The molecule has 0 saturated carbocycles. The summed E-state index contributed by atoms with van der Waals surface area (Å²) in [4.78, 5) is 0.725. The molecule has 0 unspecified atom stereocenters. The average molecular weight is 288 g/mol. The first kappa shape index (κ1) is 14.8. The number of sulfone groups is 1. The van der Waals surface area contributed by atoms with Crippen LogP contribution in [0, 0.1) is 6.92 Å². The maximum Gasteiger partial charge on any atom is 0.206 e. The zero-order chi connectivity index (χ0) is 15.0. The fourth-order valence-corrected chi connectivity index (χ4v) is 3.64. The van der Waals surface area contributed by atoms with Crippen LogP contribution in [0.25, 0.3) is 0 Å². The average Bonchev–Trinajstić information content (AvgIpc) is 2.38. The molecule has 0 aromatic heterocycles. The fourth-order valence-electron chi connectivity index (χ4n) is 2.14. The summed E-state index contributed by atoms with van der Waals surface area (Å²) >= 11 is 0. The second-order valence-electron chi connectivity index (χ2n) is 6.05. The van der Waals surface area contributed by atoms with Crippen LogP contribution in [0.15, 0.2) is 58.3 Å². The highest BCUT2D eigenvalue weighted by molar-refractivity contribution is 7.91. The first-order valence-corrected chi connectivity index (χ1v) is 8.12. The molecule has 0 bridgehead atoms. The Bertz CT molecular complexity index is 708. The van der Waals surface area contributed by atoms with Crippen LogP contribution < -0.4 is 0 Å². The molecule has 20 heavy (non-hydrogen) atoms. The summed E-state index contributed by atoms with van der Waals surface area (Å²) in [7, 11) is -3.43. The van der Waals surface area contributed by atoms with Gasteiger partial charge in [-0.3, -0.25) is 0 Å². The highest BCUT2D eigenvalue weighted by Crippen LogP contribution is 2.29. The van der Waals surface area contributed by atoms with E-state index in [1.165, 1.54) is 0 Å². The molecular weight excluding hydrogens is 268 g/mol. The molecule has 2 rings (SSSR count). The molecule has 0 radical (unpaired) electrons. The van der Waals surface area contributed by atoms with E-state index in [9.17, 15) is 8.42 Å². The minimum absolute atomic E-state index is 0.0137. The van der Waals surface area contributed by atoms with Gasteiger partial charge >= 0.3 is 0 Å². The molecule has 0 atom stereocenters. The quantitative estimate of drug-likeness (QED) is 0.833. The minimum Gasteiger partial charge on any atom is -0.219 e. The zero-order valence-corrected chi connectivity index (χ0v) is 13.2. The zero-order valence-electron chi connectivity index (χ0n) is 12.3. The highest BCUT2D eigenvalue weighted by Gasteiger charge is 2.21. The lowest BCUT2D eigenvalue weighted by Gasteiger charge is -2.20. The van der Waals surface area contributed by atoms with E-state index in [0.29, 0.717) is 9.79 Å². The van der Waals surface area contributed by atoms with Crippen LogP contribution >= 0.6 is 0 Å². The van der Waals surface area contributed by atoms with Crippen molar-refractivity contribution in [1.82, 2.24) is 0 Å². The molecule has 0 saturated heterocycles. The Morgan fingerprint density at radius 3 is 2.00 bits per heavy atom. The Kier molecular flexibility index (Phi) is 3.74. The van der Waals surface area contributed by atoms with Gasteiger partial charge in [0, 0.05) is 0 Å². The van der Waals surface area contributed by atoms with Crippen LogP contribution in [0.3, 0.4) is 0 Å². The third kappa shape index (κ3) is 2.78. The molecule has 2 aromatic carbocycles. The Labute approximate surface area is 121 Å². The highest BCUT2D eigenvalue weighted by atomic mass is 32.2. The lowest BCUT2D eigenvalue weighted by Crippen LogP contribution is -2.12. The van der Waals surface area contributed by atoms with E-state index >= 15 is 0 Å². The van der Waals surface area contributed by atoms with Gasteiger partial charge in [0.15, 0.2) is 0 Å². The van der Waals surface area contributed by atoms with Gasteiger partial charge in [-0.05, 0) is 41.7 Å². The molecule has 2 nitrogen and oxygen atoms in total. The van der Waals surface area contributed by atoms with Crippen molar-refractivity contribution in [2.24, 2.45) is 0 Å². The fraction of sp³-hybridized carbons (Fsp3) is 0.294. The Morgan fingerprint density at radius 1 is 0.900 bits per heavy atom. The predicted molar refractivity (Wildman–Crippen MR) is 81.8 cm³/mol. The summed E-state index contributed by atoms with van der Waals surface area (Å²) in [6, 6.07) is 14.2. The first-order chi connectivity index (χ1) is 9.23. The van der Waals surface area contributed by atoms with Crippen molar-refractivity contribution in [3.05, 3.63) is 59.7 Å². The molecule has 0 aliphatic carbocycles. The number of aryl methyl sites for hydroxylation is 1. The molecule has 2 aromatic rings. The van der Waals surface area contributed by atoms with Crippen molar-refractivity contribution in [1.29, 1.82) is 0 Å². The second kappa shape index (κ2) is 5.06. The number of rotatable bonds is 2. The maximum absolute atomic E-state index is 12.6. The van der Waals surface area contributed by atoms with E-state index in [4.69, 9.17) is 0 Å². The first-order valence-electron chi connectivity index (χ1n) is 6.64. The van der Waals surface area contributed by atoms with E-state index < -0.39 is 9.84 Å². The predicted octanol–water partition coefficient (Wildman–Crippen LogP) is 4.13. The van der Waals surface area contributed by atoms with Crippen molar-refractivity contribution in [2.75, 3.05) is 0 Å². The summed E-state index contributed by atoms with van der Waals surface area (Å²) < 4.78 is 25.2. The van der Waals surface area contributed by atoms with Crippen LogP contribution in [0.1, 0.15) is 31.9 Å². The lowest BCUT2D eigenvalue weighted by molar-refractivity contribution is 0.585. The van der Waals surface area contributed by atoms with E-state index in [2.05, 4.69) is 20.8 Å². The van der Waals surface area contributed by atoms with Gasteiger partial charge in [-0.2, -0.15) is 0 Å². The molecule has 0 aliphatic rings. The molecule has 0 fully saturated rings. The van der Waals surface area contributed by atoms with Crippen molar-refractivity contribution >= 4 is 9.84 Å². The van der Waals surface area contributed by atoms with E-state index in [0.717, 1.165) is 11.1 Å². The minimum atomic E-state index is -3.43. The Hall–Kier alpha value is -1.61. The van der Waals surface area contributed by atoms with Crippen LogP contribution in [-0.4, -0.2) is 8.42 Å². The number of benzene rings is 2. The monoisotopic (exact) mass is 288 g/mol. The smallest absolute Gasteiger partial charge is 0.206 e. The number of hydrogen-bond acceptors (Lipinski definition) is 2.